The van der Waals surface area contributed by atoms with Crippen molar-refractivity contribution in [1.82, 2.24) is 0 Å². The quantitative estimate of drug-likeness (QED) is 0.615. The molecule has 0 amide bonds. The van der Waals surface area contributed by atoms with Gasteiger partial charge in [-0.15, -0.1) is 0 Å². The number of alkyl halides is 3. The van der Waals surface area contributed by atoms with Gasteiger partial charge in [0.2, 0.25) is 0 Å². The topological polar surface area (TPSA) is 21.8 Å². The van der Waals surface area contributed by atoms with E-state index in [0.29, 0.717) is 6.61 Å². The summed E-state index contributed by atoms with van der Waals surface area (Å²) in [5.74, 6) is -0.537. The molecule has 0 unspecified atom stereocenters. The van der Waals surface area contributed by atoms with Crippen LogP contribution in [0.1, 0.15) is 17.2 Å². The van der Waals surface area contributed by atoms with Crippen LogP contribution in [-0.4, -0.2) is 25.5 Å². The summed E-state index contributed by atoms with van der Waals surface area (Å²) in [7, 11) is 0. The van der Waals surface area contributed by atoms with Crippen molar-refractivity contribution in [3.63, 3.8) is 0 Å². The Balaban J connectivity index is 2.17. The zero-order chi connectivity index (χ0) is 13.3. The van der Waals surface area contributed by atoms with Crippen molar-refractivity contribution in [2.24, 2.45) is 0 Å². The Hall–Kier alpha value is -1.14. The zero-order valence-corrected chi connectivity index (χ0v) is 9.63. The summed E-state index contributed by atoms with van der Waals surface area (Å²) in [5.41, 5.74) is 0.0649. The van der Waals surface area contributed by atoms with Gasteiger partial charge in [0.05, 0.1) is 13.2 Å². The summed E-state index contributed by atoms with van der Waals surface area (Å²) in [6.07, 6.45) is -6.82. The van der Waals surface area contributed by atoms with Gasteiger partial charge in [-0.25, -0.2) is 4.39 Å². The number of benzene rings is 1. The molecule has 6 heteroatoms. The molecule has 1 aromatic rings. The van der Waals surface area contributed by atoms with Gasteiger partial charge in [-0.05, 0) is 24.1 Å². The maximum atomic E-state index is 13.0. The lowest BCUT2D eigenvalue weighted by atomic mass is 10.1. The Morgan fingerprint density at radius 3 is 2.61 bits per heavy atom. The average molecular weight is 264 g/mol. The van der Waals surface area contributed by atoms with Crippen LogP contribution in [0, 0.1) is 12.7 Å². The van der Waals surface area contributed by atoms with Gasteiger partial charge in [0.1, 0.15) is 11.9 Å². The van der Waals surface area contributed by atoms with E-state index in [1.54, 1.807) is 0 Å². The monoisotopic (exact) mass is 264 g/mol. The van der Waals surface area contributed by atoms with Crippen molar-refractivity contribution in [3.05, 3.63) is 35.1 Å². The Kier molecular flexibility index (Phi) is 3.59. The fraction of sp³-hybridized carbons (Fsp3) is 0.500. The third kappa shape index (κ3) is 3.20. The maximum Gasteiger partial charge on any atom is 0.418 e. The molecule has 0 bridgehead atoms. The van der Waals surface area contributed by atoms with Crippen molar-refractivity contribution in [3.8, 4) is 0 Å². The van der Waals surface area contributed by atoms with Crippen molar-refractivity contribution >= 4 is 0 Å². The molecule has 0 aromatic heterocycles. The Bertz CT molecular complexity index is 427. The van der Waals surface area contributed by atoms with Crippen LogP contribution < -0.4 is 0 Å². The lowest BCUT2D eigenvalue weighted by Crippen LogP contribution is -2.25. The summed E-state index contributed by atoms with van der Waals surface area (Å²) in [4.78, 5) is 0. The van der Waals surface area contributed by atoms with Crippen LogP contribution in [0.2, 0.25) is 0 Å². The molecular formula is C12H12F4O2. The number of ether oxygens (including phenoxy) is 2. The van der Waals surface area contributed by atoms with Crippen molar-refractivity contribution in [2.75, 3.05) is 13.2 Å². The standard InChI is InChI=1S/C12H12F4O2/c1-7-4-8(2-3-10(7)13)11(12(14,15)16)18-6-9-5-17-9/h2-4,9,11H,5-6H2,1H3/t9-,11-/m1/s1. The molecule has 1 aromatic carbocycles. The van der Waals surface area contributed by atoms with Gasteiger partial charge in [-0.1, -0.05) is 12.1 Å². The minimum Gasteiger partial charge on any atom is -0.371 e. The van der Waals surface area contributed by atoms with E-state index < -0.39 is 18.1 Å². The second kappa shape index (κ2) is 4.85. The first-order chi connectivity index (χ1) is 8.38. The third-order valence-corrected chi connectivity index (χ3v) is 2.63. The average Bonchev–Trinajstić information content (AvgIpc) is 3.05. The smallest absolute Gasteiger partial charge is 0.371 e. The molecule has 0 N–H and O–H groups in total. The number of hydrogen-bond donors (Lipinski definition) is 0. The van der Waals surface area contributed by atoms with E-state index in [0.717, 1.165) is 18.2 Å². The normalized spacial score (nSPS) is 20.8. The van der Waals surface area contributed by atoms with E-state index in [2.05, 4.69) is 0 Å². The molecule has 18 heavy (non-hydrogen) atoms. The summed E-state index contributed by atoms with van der Waals surface area (Å²) >= 11 is 0. The predicted molar refractivity (Wildman–Crippen MR) is 55.6 cm³/mol. The Morgan fingerprint density at radius 2 is 2.11 bits per heavy atom. The molecule has 0 spiro atoms. The summed E-state index contributed by atoms with van der Waals surface area (Å²) in [5, 5.41) is 0. The molecule has 100 valence electrons. The van der Waals surface area contributed by atoms with Crippen LogP contribution in [0.5, 0.6) is 0 Å². The van der Waals surface area contributed by atoms with E-state index >= 15 is 0 Å². The number of rotatable bonds is 4. The summed E-state index contributed by atoms with van der Waals surface area (Å²) < 4.78 is 61.2. The highest BCUT2D eigenvalue weighted by Gasteiger charge is 2.43. The van der Waals surface area contributed by atoms with Crippen LogP contribution >= 0.6 is 0 Å². The van der Waals surface area contributed by atoms with Crippen LogP contribution in [-0.2, 0) is 9.47 Å². The molecule has 1 aliphatic rings. The lowest BCUT2D eigenvalue weighted by Gasteiger charge is -2.21. The van der Waals surface area contributed by atoms with E-state index in [-0.39, 0.29) is 23.8 Å². The van der Waals surface area contributed by atoms with E-state index in [1.807, 2.05) is 0 Å². The third-order valence-electron chi connectivity index (χ3n) is 2.63. The SMILES string of the molecule is Cc1cc([C@@H](OC[C@H]2CO2)C(F)(F)F)ccc1F. The Morgan fingerprint density at radius 1 is 1.44 bits per heavy atom. The van der Waals surface area contributed by atoms with Gasteiger partial charge < -0.3 is 9.47 Å². The number of halogens is 4. The minimum absolute atomic E-state index is 0.0953. The van der Waals surface area contributed by atoms with Gasteiger partial charge >= 0.3 is 6.18 Å². The molecule has 2 rings (SSSR count). The van der Waals surface area contributed by atoms with Crippen molar-refractivity contribution in [1.29, 1.82) is 0 Å². The lowest BCUT2D eigenvalue weighted by molar-refractivity contribution is -0.224. The van der Waals surface area contributed by atoms with Gasteiger partial charge in [-0.2, -0.15) is 13.2 Å². The fourth-order valence-electron chi connectivity index (χ4n) is 1.58. The molecule has 1 fully saturated rings. The number of hydrogen-bond acceptors (Lipinski definition) is 2. The Labute approximate surface area is 102 Å². The van der Waals surface area contributed by atoms with Crippen molar-refractivity contribution in [2.45, 2.75) is 25.3 Å². The predicted octanol–water partition coefficient (Wildman–Crippen LogP) is 3.15. The first kappa shape index (κ1) is 13.3. The highest BCUT2D eigenvalue weighted by molar-refractivity contribution is 5.26. The zero-order valence-electron chi connectivity index (χ0n) is 9.63. The van der Waals surface area contributed by atoms with Gasteiger partial charge in [0, 0.05) is 0 Å². The van der Waals surface area contributed by atoms with E-state index in [1.165, 1.54) is 6.92 Å². The van der Waals surface area contributed by atoms with Crippen LogP contribution in [0.15, 0.2) is 18.2 Å². The van der Waals surface area contributed by atoms with Crippen LogP contribution in [0.3, 0.4) is 0 Å². The molecule has 0 radical (unpaired) electrons. The second-order valence-corrected chi connectivity index (χ2v) is 4.22. The van der Waals surface area contributed by atoms with Gasteiger partial charge in [0.25, 0.3) is 0 Å². The van der Waals surface area contributed by atoms with E-state index in [9.17, 15) is 17.6 Å². The first-order valence-corrected chi connectivity index (χ1v) is 5.44. The van der Waals surface area contributed by atoms with Crippen molar-refractivity contribution < 1.29 is 27.0 Å². The van der Waals surface area contributed by atoms with Crippen LogP contribution in [0.25, 0.3) is 0 Å². The molecule has 0 aliphatic carbocycles. The molecule has 1 saturated heterocycles. The fourth-order valence-corrected chi connectivity index (χ4v) is 1.58. The molecule has 2 nitrogen and oxygen atoms in total. The maximum absolute atomic E-state index is 13.0. The summed E-state index contributed by atoms with van der Waals surface area (Å²) in [6, 6.07) is 3.26. The number of aryl methyl sites for hydroxylation is 1. The van der Waals surface area contributed by atoms with E-state index in [4.69, 9.17) is 9.47 Å². The number of epoxide rings is 1. The van der Waals surface area contributed by atoms with Crippen LogP contribution in [0.4, 0.5) is 17.6 Å². The minimum atomic E-state index is -4.53. The first-order valence-electron chi connectivity index (χ1n) is 5.44. The highest BCUT2D eigenvalue weighted by Crippen LogP contribution is 2.37. The second-order valence-electron chi connectivity index (χ2n) is 4.22. The molecule has 1 aliphatic heterocycles. The highest BCUT2D eigenvalue weighted by atomic mass is 19.4. The molecule has 2 atom stereocenters. The van der Waals surface area contributed by atoms with Gasteiger partial charge in [0.15, 0.2) is 6.10 Å². The molecular weight excluding hydrogens is 252 g/mol. The molecule has 1 heterocycles. The van der Waals surface area contributed by atoms with Gasteiger partial charge in [-0.3, -0.25) is 0 Å². The largest absolute Gasteiger partial charge is 0.418 e. The molecule has 0 saturated carbocycles. The summed E-state index contributed by atoms with van der Waals surface area (Å²) in [6.45, 7) is 1.73.